The molecule has 1 aromatic carbocycles. The van der Waals surface area contributed by atoms with Gasteiger partial charge in [-0.05, 0) is 24.3 Å². The van der Waals surface area contributed by atoms with Crippen LogP contribution in [0.1, 0.15) is 0 Å². The van der Waals surface area contributed by atoms with Crippen LogP contribution in [0, 0.1) is 0 Å². The molecule has 0 saturated carbocycles. The van der Waals surface area contributed by atoms with Crippen molar-refractivity contribution in [3.8, 4) is 0 Å². The second kappa shape index (κ2) is 4.83. The lowest BCUT2D eigenvalue weighted by Gasteiger charge is -2.16. The SMILES string of the molecule is CS(=O)(=O)CCN(O)c1ccc(Cl)cc1. The van der Waals surface area contributed by atoms with Crippen molar-refractivity contribution < 1.29 is 13.6 Å². The van der Waals surface area contributed by atoms with E-state index in [1.54, 1.807) is 24.3 Å². The predicted molar refractivity (Wildman–Crippen MR) is 60.3 cm³/mol. The molecule has 84 valence electrons. The van der Waals surface area contributed by atoms with Crippen molar-refractivity contribution in [2.75, 3.05) is 23.6 Å². The lowest BCUT2D eigenvalue weighted by atomic mass is 10.3. The number of benzene rings is 1. The first-order valence-corrected chi connectivity index (χ1v) is 6.72. The molecule has 0 heterocycles. The maximum Gasteiger partial charge on any atom is 0.149 e. The molecule has 0 amide bonds. The summed E-state index contributed by atoms with van der Waals surface area (Å²) >= 11 is 5.67. The summed E-state index contributed by atoms with van der Waals surface area (Å²) in [5, 5.41) is 11.0. The minimum atomic E-state index is -3.06. The van der Waals surface area contributed by atoms with Gasteiger partial charge in [-0.3, -0.25) is 10.3 Å². The van der Waals surface area contributed by atoms with Crippen molar-refractivity contribution in [2.24, 2.45) is 0 Å². The molecule has 0 saturated heterocycles. The molecule has 1 aromatic rings. The van der Waals surface area contributed by atoms with Crippen LogP contribution >= 0.6 is 11.6 Å². The standard InChI is InChI=1S/C9H12ClNO3S/c1-15(13,14)7-6-11(12)9-4-2-8(10)3-5-9/h2-5,12H,6-7H2,1H3. The van der Waals surface area contributed by atoms with E-state index in [2.05, 4.69) is 0 Å². The fraction of sp³-hybridized carbons (Fsp3) is 0.333. The fourth-order valence-electron chi connectivity index (χ4n) is 0.995. The molecule has 0 aliphatic rings. The first-order valence-electron chi connectivity index (χ1n) is 4.28. The van der Waals surface area contributed by atoms with Gasteiger partial charge in [0.15, 0.2) is 0 Å². The number of anilines is 1. The van der Waals surface area contributed by atoms with Gasteiger partial charge in [0.25, 0.3) is 0 Å². The lowest BCUT2D eigenvalue weighted by molar-refractivity contribution is 0.260. The van der Waals surface area contributed by atoms with E-state index in [1.807, 2.05) is 0 Å². The van der Waals surface area contributed by atoms with Crippen molar-refractivity contribution in [1.29, 1.82) is 0 Å². The maximum absolute atomic E-state index is 10.9. The molecular weight excluding hydrogens is 238 g/mol. The predicted octanol–water partition coefficient (Wildman–Crippen LogP) is 1.58. The van der Waals surface area contributed by atoms with Gasteiger partial charge in [0.2, 0.25) is 0 Å². The number of hydroxylamine groups is 1. The van der Waals surface area contributed by atoms with Crippen LogP contribution in [0.3, 0.4) is 0 Å². The van der Waals surface area contributed by atoms with Crippen LogP contribution in [0.4, 0.5) is 5.69 Å². The third-order valence-corrected chi connectivity index (χ3v) is 2.97. The van der Waals surface area contributed by atoms with Gasteiger partial charge < -0.3 is 0 Å². The highest BCUT2D eigenvalue weighted by atomic mass is 35.5. The normalized spacial score (nSPS) is 11.4. The fourth-order valence-corrected chi connectivity index (χ4v) is 1.63. The van der Waals surface area contributed by atoms with Crippen LogP contribution in [0.5, 0.6) is 0 Å². The van der Waals surface area contributed by atoms with Crippen LogP contribution in [0.15, 0.2) is 24.3 Å². The second-order valence-electron chi connectivity index (χ2n) is 3.23. The summed E-state index contributed by atoms with van der Waals surface area (Å²) < 4.78 is 21.7. The smallest absolute Gasteiger partial charge is 0.149 e. The Hall–Kier alpha value is -0.780. The Morgan fingerprint density at radius 2 is 1.87 bits per heavy atom. The zero-order valence-electron chi connectivity index (χ0n) is 8.22. The summed E-state index contributed by atoms with van der Waals surface area (Å²) in [6.07, 6.45) is 1.13. The molecule has 0 spiro atoms. The highest BCUT2D eigenvalue weighted by Gasteiger charge is 2.07. The highest BCUT2D eigenvalue weighted by Crippen LogP contribution is 2.16. The molecule has 0 aromatic heterocycles. The Labute approximate surface area is 94.0 Å². The number of rotatable bonds is 4. The molecule has 0 fully saturated rings. The van der Waals surface area contributed by atoms with E-state index >= 15 is 0 Å². The Kier molecular flexibility index (Phi) is 3.96. The number of halogens is 1. The molecule has 0 radical (unpaired) electrons. The molecule has 0 atom stereocenters. The summed E-state index contributed by atoms with van der Waals surface area (Å²) in [6.45, 7) is 0.0421. The van der Waals surface area contributed by atoms with Gasteiger partial charge in [-0.25, -0.2) is 8.42 Å². The van der Waals surface area contributed by atoms with E-state index in [4.69, 9.17) is 11.6 Å². The van der Waals surface area contributed by atoms with Crippen molar-refractivity contribution in [3.63, 3.8) is 0 Å². The molecule has 4 nitrogen and oxygen atoms in total. The van der Waals surface area contributed by atoms with Crippen LogP contribution in [0.25, 0.3) is 0 Å². The second-order valence-corrected chi connectivity index (χ2v) is 5.93. The van der Waals surface area contributed by atoms with Gasteiger partial charge in [-0.1, -0.05) is 11.6 Å². The number of sulfone groups is 1. The summed E-state index contributed by atoms with van der Waals surface area (Å²) in [5.41, 5.74) is 0.517. The Bertz CT molecular complexity index is 415. The number of nitrogens with zero attached hydrogens (tertiary/aromatic N) is 1. The summed E-state index contributed by atoms with van der Waals surface area (Å²) in [4.78, 5) is 0. The van der Waals surface area contributed by atoms with E-state index < -0.39 is 9.84 Å². The van der Waals surface area contributed by atoms with E-state index in [-0.39, 0.29) is 12.3 Å². The molecule has 0 unspecified atom stereocenters. The van der Waals surface area contributed by atoms with Crippen molar-refractivity contribution in [2.45, 2.75) is 0 Å². The van der Waals surface area contributed by atoms with Crippen molar-refractivity contribution >= 4 is 27.1 Å². The van der Waals surface area contributed by atoms with Crippen LogP contribution in [-0.4, -0.2) is 32.2 Å². The molecule has 15 heavy (non-hydrogen) atoms. The van der Waals surface area contributed by atoms with Crippen molar-refractivity contribution in [1.82, 2.24) is 0 Å². The van der Waals surface area contributed by atoms with E-state index in [0.29, 0.717) is 10.7 Å². The topological polar surface area (TPSA) is 57.6 Å². The van der Waals surface area contributed by atoms with E-state index in [1.165, 1.54) is 0 Å². The largest absolute Gasteiger partial charge is 0.288 e. The third-order valence-electron chi connectivity index (χ3n) is 1.80. The van der Waals surface area contributed by atoms with Gasteiger partial charge in [-0.2, -0.15) is 0 Å². The molecule has 0 bridgehead atoms. The maximum atomic E-state index is 10.9. The van der Waals surface area contributed by atoms with Crippen LogP contribution in [-0.2, 0) is 9.84 Å². The van der Waals surface area contributed by atoms with Gasteiger partial charge in [0, 0.05) is 11.3 Å². The van der Waals surface area contributed by atoms with E-state index in [9.17, 15) is 13.6 Å². The van der Waals surface area contributed by atoms with Gasteiger partial charge in [-0.15, -0.1) is 0 Å². The average Bonchev–Trinajstić information content (AvgIpc) is 2.14. The first-order chi connectivity index (χ1) is 6.88. The zero-order chi connectivity index (χ0) is 11.5. The van der Waals surface area contributed by atoms with Gasteiger partial charge >= 0.3 is 0 Å². The van der Waals surface area contributed by atoms with Crippen LogP contribution < -0.4 is 5.06 Å². The van der Waals surface area contributed by atoms with E-state index in [0.717, 1.165) is 11.3 Å². The Balaban J connectivity index is 2.61. The minimum absolute atomic E-state index is 0.0421. The summed E-state index contributed by atoms with van der Waals surface area (Å²) in [7, 11) is -3.06. The summed E-state index contributed by atoms with van der Waals surface area (Å²) in [5.74, 6) is -0.0911. The number of hydrogen-bond donors (Lipinski definition) is 1. The van der Waals surface area contributed by atoms with Crippen LogP contribution in [0.2, 0.25) is 5.02 Å². The number of hydrogen-bond acceptors (Lipinski definition) is 4. The molecule has 1 N–H and O–H groups in total. The first kappa shape index (κ1) is 12.3. The molecule has 0 aliphatic carbocycles. The Morgan fingerprint density at radius 1 is 1.33 bits per heavy atom. The van der Waals surface area contributed by atoms with Gasteiger partial charge in [0.05, 0.1) is 18.0 Å². The van der Waals surface area contributed by atoms with Gasteiger partial charge in [0.1, 0.15) is 9.84 Å². The summed E-state index contributed by atoms with van der Waals surface area (Å²) in [6, 6.07) is 6.48. The third kappa shape index (κ3) is 4.51. The quantitative estimate of drug-likeness (QED) is 0.824. The average molecular weight is 250 g/mol. The molecule has 1 rings (SSSR count). The molecule has 6 heteroatoms. The van der Waals surface area contributed by atoms with Crippen molar-refractivity contribution in [3.05, 3.63) is 29.3 Å². The Morgan fingerprint density at radius 3 is 2.33 bits per heavy atom. The zero-order valence-corrected chi connectivity index (χ0v) is 9.79. The minimum Gasteiger partial charge on any atom is -0.288 e. The lowest BCUT2D eigenvalue weighted by Crippen LogP contribution is -2.25. The molecule has 0 aliphatic heterocycles. The molecular formula is C9H12ClNO3S. The monoisotopic (exact) mass is 249 g/mol. The highest BCUT2D eigenvalue weighted by molar-refractivity contribution is 7.90.